The highest BCUT2D eigenvalue weighted by atomic mass is 32.2. The predicted molar refractivity (Wildman–Crippen MR) is 77.5 cm³/mol. The van der Waals surface area contributed by atoms with Gasteiger partial charge in [-0.1, -0.05) is 6.42 Å². The van der Waals surface area contributed by atoms with Crippen LogP contribution in [-0.4, -0.2) is 45.4 Å². The van der Waals surface area contributed by atoms with Crippen LogP contribution in [0.1, 0.15) is 39.5 Å². The Kier molecular flexibility index (Phi) is 4.75. The smallest absolute Gasteiger partial charge is 0.154 e. The maximum Gasteiger partial charge on any atom is 0.154 e. The van der Waals surface area contributed by atoms with E-state index in [0.717, 1.165) is 12.8 Å². The molecule has 0 heterocycles. The molecule has 0 spiro atoms. The summed E-state index contributed by atoms with van der Waals surface area (Å²) in [5.74, 6) is -0.0572. The van der Waals surface area contributed by atoms with Gasteiger partial charge < -0.3 is 5.73 Å². The van der Waals surface area contributed by atoms with E-state index in [1.165, 1.54) is 12.5 Å². The fourth-order valence-corrected chi connectivity index (χ4v) is 4.59. The van der Waals surface area contributed by atoms with Crippen LogP contribution in [0.15, 0.2) is 0 Å². The molecule has 0 aliphatic heterocycles. The van der Waals surface area contributed by atoms with Crippen molar-refractivity contribution < 1.29 is 16.8 Å². The first-order chi connectivity index (χ1) is 8.37. The Hall–Kier alpha value is -0.140. The van der Waals surface area contributed by atoms with Crippen LogP contribution in [0.4, 0.5) is 0 Å². The molecule has 1 rings (SSSR count). The van der Waals surface area contributed by atoms with E-state index in [-0.39, 0.29) is 11.2 Å². The van der Waals surface area contributed by atoms with Gasteiger partial charge in [-0.25, -0.2) is 16.8 Å². The first kappa shape index (κ1) is 16.9. The molecule has 19 heavy (non-hydrogen) atoms. The molecule has 1 aliphatic rings. The van der Waals surface area contributed by atoms with Crippen LogP contribution in [0.3, 0.4) is 0 Å². The van der Waals surface area contributed by atoms with E-state index in [1.807, 2.05) is 0 Å². The number of hydrogen-bond donors (Lipinski definition) is 1. The molecule has 1 fully saturated rings. The molecule has 1 aliphatic carbocycles. The Labute approximate surface area is 116 Å². The average molecular weight is 311 g/mol. The normalized spacial score (nSPS) is 28.1. The highest BCUT2D eigenvalue weighted by molar-refractivity contribution is 7.92. The third-order valence-corrected chi connectivity index (χ3v) is 8.36. The first-order valence-corrected chi connectivity index (χ1v) is 10.4. The molecule has 3 atom stereocenters. The van der Waals surface area contributed by atoms with E-state index >= 15 is 0 Å². The molecule has 0 bridgehead atoms. The van der Waals surface area contributed by atoms with Crippen LogP contribution in [0, 0.1) is 5.92 Å². The van der Waals surface area contributed by atoms with Crippen molar-refractivity contribution in [2.45, 2.75) is 55.6 Å². The molecule has 2 N–H and O–H groups in total. The lowest BCUT2D eigenvalue weighted by Crippen LogP contribution is -2.54. The lowest BCUT2D eigenvalue weighted by Gasteiger charge is -2.39. The van der Waals surface area contributed by atoms with Crippen LogP contribution >= 0.6 is 0 Å². The van der Waals surface area contributed by atoms with Crippen LogP contribution in [-0.2, 0) is 19.7 Å². The molecule has 0 aromatic heterocycles. The third-order valence-electron chi connectivity index (χ3n) is 4.54. The third kappa shape index (κ3) is 3.70. The second-order valence-corrected chi connectivity index (χ2v) is 11.2. The molecule has 0 amide bonds. The van der Waals surface area contributed by atoms with E-state index in [1.54, 1.807) is 13.8 Å². The van der Waals surface area contributed by atoms with Crippen LogP contribution in [0.5, 0.6) is 0 Å². The van der Waals surface area contributed by atoms with Gasteiger partial charge in [-0.05, 0) is 39.0 Å². The summed E-state index contributed by atoms with van der Waals surface area (Å²) in [5.41, 5.74) is 6.14. The number of hydrogen-bond acceptors (Lipinski definition) is 5. The summed E-state index contributed by atoms with van der Waals surface area (Å²) in [4.78, 5) is 0. The van der Waals surface area contributed by atoms with Gasteiger partial charge in [-0.15, -0.1) is 0 Å². The molecule has 3 unspecified atom stereocenters. The van der Waals surface area contributed by atoms with E-state index in [2.05, 4.69) is 0 Å². The quantitative estimate of drug-likeness (QED) is 0.826. The van der Waals surface area contributed by atoms with Crippen molar-refractivity contribution in [3.63, 3.8) is 0 Å². The van der Waals surface area contributed by atoms with Gasteiger partial charge in [0.1, 0.15) is 9.84 Å². The van der Waals surface area contributed by atoms with Gasteiger partial charge in [0.05, 0.1) is 10.00 Å². The Morgan fingerprint density at radius 2 is 1.63 bits per heavy atom. The molecular formula is C12H25NO4S2. The molecule has 7 heteroatoms. The summed E-state index contributed by atoms with van der Waals surface area (Å²) in [6.45, 7) is 3.24. The Morgan fingerprint density at radius 1 is 1.11 bits per heavy atom. The van der Waals surface area contributed by atoms with Crippen molar-refractivity contribution in [1.82, 2.24) is 0 Å². The molecule has 0 aromatic rings. The molecule has 5 nitrogen and oxygen atoms in total. The fourth-order valence-electron chi connectivity index (χ4n) is 2.71. The fraction of sp³-hybridized carbons (Fsp3) is 1.00. The van der Waals surface area contributed by atoms with Gasteiger partial charge in [-0.2, -0.15) is 0 Å². The zero-order chi connectivity index (χ0) is 15.1. The number of nitrogens with two attached hydrogens (primary N) is 1. The van der Waals surface area contributed by atoms with E-state index in [9.17, 15) is 16.8 Å². The largest absolute Gasteiger partial charge is 0.326 e. The monoisotopic (exact) mass is 311 g/mol. The Morgan fingerprint density at radius 3 is 2.05 bits per heavy atom. The average Bonchev–Trinajstić information content (AvgIpc) is 2.25. The van der Waals surface area contributed by atoms with Crippen molar-refractivity contribution >= 4 is 19.7 Å². The van der Waals surface area contributed by atoms with Crippen molar-refractivity contribution in [2.75, 3.05) is 12.5 Å². The van der Waals surface area contributed by atoms with E-state index < -0.39 is 30.5 Å². The van der Waals surface area contributed by atoms with Gasteiger partial charge in [0.15, 0.2) is 9.84 Å². The van der Waals surface area contributed by atoms with Gasteiger partial charge in [-0.3, -0.25) is 0 Å². The molecule has 0 radical (unpaired) electrons. The maximum absolute atomic E-state index is 11.8. The zero-order valence-corrected chi connectivity index (χ0v) is 13.7. The van der Waals surface area contributed by atoms with Gasteiger partial charge in [0.25, 0.3) is 0 Å². The standard InChI is InChI=1S/C12H25NO4S2/c1-12(2,19(4,16)17)11(13)9-6-5-7-10(8-9)18(3,14)15/h9-11H,5-8,13H2,1-4H3. The zero-order valence-electron chi connectivity index (χ0n) is 12.1. The lowest BCUT2D eigenvalue weighted by atomic mass is 9.79. The summed E-state index contributed by atoms with van der Waals surface area (Å²) in [6.07, 6.45) is 5.14. The van der Waals surface area contributed by atoms with Crippen LogP contribution in [0.25, 0.3) is 0 Å². The summed E-state index contributed by atoms with van der Waals surface area (Å²) < 4.78 is 45.9. The maximum atomic E-state index is 11.8. The summed E-state index contributed by atoms with van der Waals surface area (Å²) in [6, 6.07) is -0.535. The highest BCUT2D eigenvalue weighted by Gasteiger charge is 2.43. The molecular weight excluding hydrogens is 286 g/mol. The Bertz CT molecular complexity index is 522. The Balaban J connectivity index is 2.92. The molecule has 114 valence electrons. The topological polar surface area (TPSA) is 94.3 Å². The number of sulfone groups is 2. The van der Waals surface area contributed by atoms with Crippen LogP contribution < -0.4 is 5.73 Å². The minimum atomic E-state index is -3.28. The van der Waals surface area contributed by atoms with Crippen LogP contribution in [0.2, 0.25) is 0 Å². The molecule has 0 aromatic carbocycles. The second-order valence-electron chi connectivity index (χ2n) is 6.28. The highest BCUT2D eigenvalue weighted by Crippen LogP contribution is 2.35. The first-order valence-electron chi connectivity index (χ1n) is 6.51. The van der Waals surface area contributed by atoms with Gasteiger partial charge in [0, 0.05) is 18.6 Å². The van der Waals surface area contributed by atoms with Crippen molar-refractivity contribution in [2.24, 2.45) is 11.7 Å². The minimum absolute atomic E-state index is 0.0572. The van der Waals surface area contributed by atoms with E-state index in [0.29, 0.717) is 12.8 Å². The molecule has 1 saturated carbocycles. The number of rotatable bonds is 4. The summed E-state index contributed by atoms with van der Waals surface area (Å²) in [7, 11) is -6.36. The lowest BCUT2D eigenvalue weighted by molar-refractivity contribution is 0.272. The van der Waals surface area contributed by atoms with E-state index in [4.69, 9.17) is 5.73 Å². The predicted octanol–water partition coefficient (Wildman–Crippen LogP) is 0.740. The van der Waals surface area contributed by atoms with Crippen molar-refractivity contribution in [3.8, 4) is 0 Å². The second kappa shape index (κ2) is 5.33. The molecule has 0 saturated heterocycles. The SMILES string of the molecule is CC(C)(C(N)C1CCCC(S(C)(=O)=O)C1)S(C)(=O)=O. The van der Waals surface area contributed by atoms with Crippen molar-refractivity contribution in [1.29, 1.82) is 0 Å². The summed E-state index contributed by atoms with van der Waals surface area (Å²) in [5, 5.41) is -0.382. The van der Waals surface area contributed by atoms with Gasteiger partial charge in [0.2, 0.25) is 0 Å². The minimum Gasteiger partial charge on any atom is -0.326 e. The summed E-state index contributed by atoms with van der Waals surface area (Å²) >= 11 is 0. The van der Waals surface area contributed by atoms with Gasteiger partial charge >= 0.3 is 0 Å². The van der Waals surface area contributed by atoms with Crippen molar-refractivity contribution in [3.05, 3.63) is 0 Å².